The molecule has 1 fully saturated rings. The topological polar surface area (TPSA) is 134 Å². The highest BCUT2D eigenvalue weighted by atomic mass is 16.5. The van der Waals surface area contributed by atoms with Crippen molar-refractivity contribution < 1.29 is 38.6 Å². The quantitative estimate of drug-likeness (QED) is 0.500. The predicted molar refractivity (Wildman–Crippen MR) is 129 cm³/mol. The minimum atomic E-state index is -1.45. The van der Waals surface area contributed by atoms with Crippen molar-refractivity contribution in [2.75, 3.05) is 39.9 Å². The Bertz CT molecular complexity index is 1190. The van der Waals surface area contributed by atoms with Crippen LogP contribution >= 0.6 is 0 Å². The van der Waals surface area contributed by atoms with Crippen LogP contribution in [0.5, 0.6) is 11.5 Å². The van der Waals surface area contributed by atoms with Gasteiger partial charge in [-0.2, -0.15) is 0 Å². The molecule has 0 radical (unpaired) electrons. The molecule has 0 aromatic heterocycles. The monoisotopic (exact) mass is 509 g/mol. The number of piperazine rings is 1. The average molecular weight is 510 g/mol. The zero-order valence-electron chi connectivity index (χ0n) is 20.3. The molecular formula is C26H27N3O8. The fraction of sp³-hybridized carbons (Fsp3) is 0.346. The van der Waals surface area contributed by atoms with Gasteiger partial charge in [-0.3, -0.25) is 24.1 Å². The molecule has 11 nitrogen and oxygen atoms in total. The lowest BCUT2D eigenvalue weighted by Gasteiger charge is -2.35. The summed E-state index contributed by atoms with van der Waals surface area (Å²) in [5.41, 5.74) is 0.307. The number of methoxy groups -OCH3 is 1. The highest BCUT2D eigenvalue weighted by Gasteiger charge is 2.43. The molecular weight excluding hydrogens is 482 g/mol. The molecule has 2 aromatic rings. The highest BCUT2D eigenvalue weighted by molar-refractivity contribution is 6.22. The number of carbonyl (C=O) groups excluding carboxylic acids is 4. The van der Waals surface area contributed by atoms with Crippen LogP contribution < -0.4 is 9.47 Å². The van der Waals surface area contributed by atoms with Gasteiger partial charge in [0.1, 0.15) is 6.04 Å². The van der Waals surface area contributed by atoms with E-state index in [9.17, 15) is 29.1 Å². The molecule has 2 aliphatic heterocycles. The molecule has 11 heteroatoms. The summed E-state index contributed by atoms with van der Waals surface area (Å²) < 4.78 is 10.8. The van der Waals surface area contributed by atoms with Crippen LogP contribution in [0, 0.1) is 0 Å². The molecule has 4 rings (SSSR count). The maximum absolute atomic E-state index is 12.8. The third kappa shape index (κ3) is 5.40. The van der Waals surface area contributed by atoms with Crippen LogP contribution in [0.4, 0.5) is 0 Å². The first-order valence-corrected chi connectivity index (χ1v) is 11.8. The van der Waals surface area contributed by atoms with Gasteiger partial charge in [-0.1, -0.05) is 24.3 Å². The molecule has 0 unspecified atom stereocenters. The van der Waals surface area contributed by atoms with E-state index in [0.717, 1.165) is 4.90 Å². The molecule has 0 aliphatic carbocycles. The molecule has 1 atom stereocenters. The minimum absolute atomic E-state index is 0.153. The normalized spacial score (nSPS) is 15.9. The van der Waals surface area contributed by atoms with E-state index in [0.29, 0.717) is 24.6 Å². The molecule has 2 aliphatic rings. The number of ether oxygens (including phenoxy) is 2. The van der Waals surface area contributed by atoms with Crippen LogP contribution in [0.1, 0.15) is 33.6 Å². The third-order valence-electron chi connectivity index (χ3n) is 6.46. The number of aliphatic carboxylic acids is 1. The minimum Gasteiger partial charge on any atom is -0.493 e. The summed E-state index contributed by atoms with van der Waals surface area (Å²) in [6.45, 7) is 1.00. The Morgan fingerprint density at radius 3 is 1.89 bits per heavy atom. The number of hydrogen-bond acceptors (Lipinski definition) is 7. The smallest absolute Gasteiger partial charge is 0.326 e. The number of amides is 4. The third-order valence-corrected chi connectivity index (χ3v) is 6.46. The lowest BCUT2D eigenvalue weighted by molar-refractivity contribution is -0.143. The summed E-state index contributed by atoms with van der Waals surface area (Å²) in [6.07, 6.45) is -0.360. The van der Waals surface area contributed by atoms with Gasteiger partial charge in [-0.15, -0.1) is 0 Å². The summed E-state index contributed by atoms with van der Waals surface area (Å²) in [4.78, 5) is 66.5. The largest absolute Gasteiger partial charge is 0.493 e. The van der Waals surface area contributed by atoms with Crippen molar-refractivity contribution in [2.24, 2.45) is 0 Å². The number of hydrogen-bond donors (Lipinski definition) is 1. The molecule has 1 saturated heterocycles. The second-order valence-electron chi connectivity index (χ2n) is 8.62. The van der Waals surface area contributed by atoms with E-state index in [1.165, 1.54) is 19.2 Å². The van der Waals surface area contributed by atoms with Gasteiger partial charge in [0.2, 0.25) is 5.91 Å². The first-order chi connectivity index (χ1) is 17.8. The maximum atomic E-state index is 12.8. The number of benzene rings is 2. The van der Waals surface area contributed by atoms with Crippen LogP contribution in [0.15, 0.2) is 48.5 Å². The van der Waals surface area contributed by atoms with Crippen molar-refractivity contribution >= 4 is 29.6 Å². The fourth-order valence-electron chi connectivity index (χ4n) is 4.45. The Labute approximate surface area is 213 Å². The molecule has 194 valence electrons. The Balaban J connectivity index is 1.27. The van der Waals surface area contributed by atoms with E-state index in [1.54, 1.807) is 46.2 Å². The van der Waals surface area contributed by atoms with E-state index in [-0.39, 0.29) is 55.5 Å². The Morgan fingerprint density at radius 2 is 1.35 bits per heavy atom. The molecule has 1 N–H and O–H groups in total. The number of fused-ring (bicyclic) bond motifs is 1. The van der Waals surface area contributed by atoms with Gasteiger partial charge < -0.3 is 24.4 Å². The standard InChI is InChI=1S/C26H27N3O8/c1-36-20-8-4-5-9-21(20)37-16-23(31)28-14-12-27(13-15-28)22(30)11-10-19(26(34)35)29-24(32)17-6-2-3-7-18(17)25(29)33/h2-9,19H,10-16H2,1H3,(H,34,35)/t19-/m0/s1. The first kappa shape index (κ1) is 25.7. The lowest BCUT2D eigenvalue weighted by atomic mass is 10.1. The van der Waals surface area contributed by atoms with E-state index < -0.39 is 23.8 Å². The van der Waals surface area contributed by atoms with Gasteiger partial charge in [0, 0.05) is 32.6 Å². The molecule has 4 amide bonds. The number of carboxylic acid groups (broad SMARTS) is 1. The highest BCUT2D eigenvalue weighted by Crippen LogP contribution is 2.27. The van der Waals surface area contributed by atoms with Gasteiger partial charge >= 0.3 is 5.97 Å². The summed E-state index contributed by atoms with van der Waals surface area (Å²) >= 11 is 0. The number of nitrogens with zero attached hydrogens (tertiary/aromatic N) is 3. The van der Waals surface area contributed by atoms with Crippen LogP contribution in [-0.2, 0) is 14.4 Å². The van der Waals surface area contributed by atoms with Gasteiger partial charge in [-0.25, -0.2) is 4.79 Å². The van der Waals surface area contributed by atoms with Crippen molar-refractivity contribution in [3.63, 3.8) is 0 Å². The lowest BCUT2D eigenvalue weighted by Crippen LogP contribution is -2.52. The van der Waals surface area contributed by atoms with Gasteiger partial charge in [0.05, 0.1) is 18.2 Å². The molecule has 0 spiro atoms. The van der Waals surface area contributed by atoms with Crippen molar-refractivity contribution in [3.8, 4) is 11.5 Å². The molecule has 0 saturated carbocycles. The van der Waals surface area contributed by atoms with E-state index in [1.807, 2.05) is 0 Å². The Kier molecular flexibility index (Phi) is 7.71. The summed E-state index contributed by atoms with van der Waals surface area (Å²) in [5, 5.41) is 9.70. The zero-order chi connectivity index (χ0) is 26.5. The number of para-hydroxylation sites is 2. The van der Waals surface area contributed by atoms with Gasteiger partial charge in [0.15, 0.2) is 18.1 Å². The number of rotatable bonds is 9. The van der Waals surface area contributed by atoms with E-state index in [2.05, 4.69) is 0 Å². The zero-order valence-corrected chi connectivity index (χ0v) is 20.3. The summed E-state index contributed by atoms with van der Waals surface area (Å²) in [7, 11) is 1.51. The first-order valence-electron chi connectivity index (χ1n) is 11.8. The van der Waals surface area contributed by atoms with Crippen molar-refractivity contribution in [1.29, 1.82) is 0 Å². The molecule has 37 heavy (non-hydrogen) atoms. The predicted octanol–water partition coefficient (Wildman–Crippen LogP) is 1.27. The molecule has 2 heterocycles. The number of carboxylic acids is 1. The molecule has 0 bridgehead atoms. The van der Waals surface area contributed by atoms with Crippen LogP contribution in [0.3, 0.4) is 0 Å². The average Bonchev–Trinajstić information content (AvgIpc) is 3.17. The Hall–Kier alpha value is -4.41. The Morgan fingerprint density at radius 1 is 0.838 bits per heavy atom. The fourth-order valence-corrected chi connectivity index (χ4v) is 4.45. The van der Waals surface area contributed by atoms with Crippen molar-refractivity contribution in [1.82, 2.24) is 14.7 Å². The summed E-state index contributed by atoms with van der Waals surface area (Å²) in [6, 6.07) is 11.7. The number of imide groups is 1. The summed E-state index contributed by atoms with van der Waals surface area (Å²) in [5.74, 6) is -2.27. The van der Waals surface area contributed by atoms with E-state index >= 15 is 0 Å². The molecule has 2 aromatic carbocycles. The van der Waals surface area contributed by atoms with Crippen LogP contribution in [-0.4, -0.2) is 95.3 Å². The van der Waals surface area contributed by atoms with Crippen molar-refractivity contribution in [3.05, 3.63) is 59.7 Å². The van der Waals surface area contributed by atoms with Crippen LogP contribution in [0.25, 0.3) is 0 Å². The maximum Gasteiger partial charge on any atom is 0.326 e. The number of carbonyl (C=O) groups is 5. The SMILES string of the molecule is COc1ccccc1OCC(=O)N1CCN(C(=O)CC[C@@H](C(=O)O)N2C(=O)c3ccccc3C2=O)CC1. The van der Waals surface area contributed by atoms with Crippen molar-refractivity contribution in [2.45, 2.75) is 18.9 Å². The van der Waals surface area contributed by atoms with Gasteiger partial charge in [-0.05, 0) is 30.7 Å². The van der Waals surface area contributed by atoms with Crippen LogP contribution in [0.2, 0.25) is 0 Å². The second kappa shape index (κ2) is 11.1. The second-order valence-corrected chi connectivity index (χ2v) is 8.62. The van der Waals surface area contributed by atoms with E-state index in [4.69, 9.17) is 9.47 Å². The van der Waals surface area contributed by atoms with Gasteiger partial charge in [0.25, 0.3) is 17.7 Å².